The standard InChI is InChI=1S/C13H10ClFO3S/c1-17-13(16)12-11(5-6-19-12)18-7-8-9(14)3-2-4-10(8)15/h2-6H,7H2,1H3. The van der Waals surface area contributed by atoms with Gasteiger partial charge in [-0.2, -0.15) is 0 Å². The fourth-order valence-corrected chi connectivity index (χ4v) is 2.44. The Morgan fingerprint density at radius 3 is 2.89 bits per heavy atom. The van der Waals surface area contributed by atoms with Gasteiger partial charge in [0.25, 0.3) is 0 Å². The van der Waals surface area contributed by atoms with Crippen LogP contribution in [0.5, 0.6) is 5.75 Å². The Labute approximate surface area is 118 Å². The Balaban J connectivity index is 2.15. The molecule has 100 valence electrons. The molecule has 3 nitrogen and oxygen atoms in total. The van der Waals surface area contributed by atoms with Gasteiger partial charge in [0.1, 0.15) is 18.2 Å². The molecule has 1 aromatic heterocycles. The van der Waals surface area contributed by atoms with Gasteiger partial charge in [0.15, 0.2) is 4.88 Å². The third kappa shape index (κ3) is 3.05. The van der Waals surface area contributed by atoms with Crippen LogP contribution in [-0.4, -0.2) is 13.1 Å². The maximum absolute atomic E-state index is 13.6. The molecule has 2 rings (SSSR count). The summed E-state index contributed by atoms with van der Waals surface area (Å²) in [6.45, 7) is -0.0494. The molecular formula is C13H10ClFO3S. The highest BCUT2D eigenvalue weighted by Gasteiger charge is 2.16. The molecule has 0 radical (unpaired) electrons. The van der Waals surface area contributed by atoms with E-state index in [2.05, 4.69) is 4.74 Å². The highest BCUT2D eigenvalue weighted by atomic mass is 35.5. The van der Waals surface area contributed by atoms with E-state index in [4.69, 9.17) is 16.3 Å². The molecule has 19 heavy (non-hydrogen) atoms. The van der Waals surface area contributed by atoms with E-state index in [0.29, 0.717) is 10.6 Å². The number of rotatable bonds is 4. The van der Waals surface area contributed by atoms with Crippen molar-refractivity contribution in [1.29, 1.82) is 0 Å². The van der Waals surface area contributed by atoms with Gasteiger partial charge >= 0.3 is 5.97 Å². The summed E-state index contributed by atoms with van der Waals surface area (Å²) in [4.78, 5) is 11.8. The second kappa shape index (κ2) is 6.04. The zero-order valence-corrected chi connectivity index (χ0v) is 11.6. The number of benzene rings is 1. The number of thiophene rings is 1. The van der Waals surface area contributed by atoms with E-state index < -0.39 is 11.8 Å². The first-order valence-electron chi connectivity index (χ1n) is 5.35. The maximum Gasteiger partial charge on any atom is 0.351 e. The summed E-state index contributed by atoms with van der Waals surface area (Å²) in [6, 6.07) is 6.04. The summed E-state index contributed by atoms with van der Waals surface area (Å²) < 4.78 is 23.6. The summed E-state index contributed by atoms with van der Waals surface area (Å²) in [5.41, 5.74) is 0.256. The molecule has 0 aliphatic carbocycles. The van der Waals surface area contributed by atoms with Gasteiger partial charge in [-0.05, 0) is 23.6 Å². The molecule has 0 unspecified atom stereocenters. The SMILES string of the molecule is COC(=O)c1sccc1OCc1c(F)cccc1Cl. The lowest BCUT2D eigenvalue weighted by Crippen LogP contribution is -2.04. The van der Waals surface area contributed by atoms with Crippen molar-refractivity contribution in [3.63, 3.8) is 0 Å². The van der Waals surface area contributed by atoms with Crippen LogP contribution in [0.2, 0.25) is 5.02 Å². The lowest BCUT2D eigenvalue weighted by Gasteiger charge is -2.08. The predicted molar refractivity (Wildman–Crippen MR) is 71.4 cm³/mol. The molecule has 6 heteroatoms. The van der Waals surface area contributed by atoms with Crippen LogP contribution in [0.3, 0.4) is 0 Å². The topological polar surface area (TPSA) is 35.5 Å². The number of carbonyl (C=O) groups excluding carboxylic acids is 1. The summed E-state index contributed by atoms with van der Waals surface area (Å²) >= 11 is 7.09. The highest BCUT2D eigenvalue weighted by molar-refractivity contribution is 7.12. The molecule has 0 aliphatic rings. The molecule has 0 fully saturated rings. The van der Waals surface area contributed by atoms with Crippen LogP contribution in [0.25, 0.3) is 0 Å². The van der Waals surface area contributed by atoms with Crippen molar-refractivity contribution < 1.29 is 18.7 Å². The van der Waals surface area contributed by atoms with E-state index in [0.717, 1.165) is 0 Å². The largest absolute Gasteiger partial charge is 0.487 e. The summed E-state index contributed by atoms with van der Waals surface area (Å²) in [7, 11) is 1.29. The quantitative estimate of drug-likeness (QED) is 0.803. The van der Waals surface area contributed by atoms with Crippen LogP contribution < -0.4 is 4.74 Å². The molecule has 0 aliphatic heterocycles. The van der Waals surface area contributed by atoms with Gasteiger partial charge in [-0.1, -0.05) is 17.7 Å². The van der Waals surface area contributed by atoms with Gasteiger partial charge in [-0.15, -0.1) is 11.3 Å². The summed E-state index contributed by atoms with van der Waals surface area (Å²) in [5, 5.41) is 1.99. The number of methoxy groups -OCH3 is 1. The molecule has 1 heterocycles. The fourth-order valence-electron chi connectivity index (χ4n) is 1.47. The molecule has 1 aromatic carbocycles. The maximum atomic E-state index is 13.6. The van der Waals surface area contributed by atoms with Crippen molar-refractivity contribution in [1.82, 2.24) is 0 Å². The van der Waals surface area contributed by atoms with E-state index in [1.807, 2.05) is 0 Å². The second-order valence-electron chi connectivity index (χ2n) is 3.59. The van der Waals surface area contributed by atoms with Gasteiger partial charge in [0, 0.05) is 5.56 Å². The first-order valence-corrected chi connectivity index (χ1v) is 6.60. The minimum atomic E-state index is -0.482. The first-order chi connectivity index (χ1) is 9.13. The Hall–Kier alpha value is -1.59. The Kier molecular flexibility index (Phi) is 4.39. The van der Waals surface area contributed by atoms with Gasteiger partial charge in [-0.3, -0.25) is 0 Å². The first kappa shape index (κ1) is 13.8. The van der Waals surface area contributed by atoms with Gasteiger partial charge in [0.05, 0.1) is 12.1 Å². The molecule has 2 aromatic rings. The molecule has 0 spiro atoms. The molecule has 0 saturated carbocycles. The fraction of sp³-hybridized carbons (Fsp3) is 0.154. The lowest BCUT2D eigenvalue weighted by molar-refractivity contribution is 0.0601. The minimum absolute atomic E-state index is 0.0494. The van der Waals surface area contributed by atoms with E-state index in [1.54, 1.807) is 17.5 Å². The zero-order chi connectivity index (χ0) is 13.8. The molecule has 0 amide bonds. The van der Waals surface area contributed by atoms with E-state index in [1.165, 1.54) is 30.6 Å². The smallest absolute Gasteiger partial charge is 0.351 e. The summed E-state index contributed by atoms with van der Waals surface area (Å²) in [6.07, 6.45) is 0. The van der Waals surface area contributed by atoms with E-state index in [9.17, 15) is 9.18 Å². The number of halogens is 2. The Bertz CT molecular complexity index is 577. The van der Waals surface area contributed by atoms with Crippen LogP contribution in [0.4, 0.5) is 4.39 Å². The molecule has 0 bridgehead atoms. The second-order valence-corrected chi connectivity index (χ2v) is 4.92. The molecule has 0 N–H and O–H groups in total. The Morgan fingerprint density at radius 1 is 1.42 bits per heavy atom. The van der Waals surface area contributed by atoms with E-state index in [-0.39, 0.29) is 17.2 Å². The molecule has 0 atom stereocenters. The Morgan fingerprint density at radius 2 is 2.21 bits per heavy atom. The van der Waals surface area contributed by atoms with Gasteiger partial charge < -0.3 is 9.47 Å². The van der Waals surface area contributed by atoms with Crippen LogP contribution >= 0.6 is 22.9 Å². The summed E-state index contributed by atoms with van der Waals surface area (Å²) in [5.74, 6) is -0.567. The van der Waals surface area contributed by atoms with Crippen molar-refractivity contribution in [2.45, 2.75) is 6.61 Å². The number of hydrogen-bond donors (Lipinski definition) is 0. The van der Waals surface area contributed by atoms with Crippen molar-refractivity contribution in [3.05, 3.63) is 50.9 Å². The molecular weight excluding hydrogens is 291 g/mol. The van der Waals surface area contributed by atoms with Gasteiger partial charge in [0.2, 0.25) is 0 Å². The third-order valence-corrected chi connectivity index (χ3v) is 3.66. The van der Waals surface area contributed by atoms with Crippen LogP contribution in [0.1, 0.15) is 15.2 Å². The average Bonchev–Trinajstić information content (AvgIpc) is 2.85. The van der Waals surface area contributed by atoms with Crippen molar-refractivity contribution >= 4 is 28.9 Å². The highest BCUT2D eigenvalue weighted by Crippen LogP contribution is 2.28. The molecule has 0 saturated heterocycles. The predicted octanol–water partition coefficient (Wildman–Crippen LogP) is 3.91. The monoisotopic (exact) mass is 300 g/mol. The van der Waals surface area contributed by atoms with Crippen LogP contribution in [0.15, 0.2) is 29.6 Å². The van der Waals surface area contributed by atoms with Crippen LogP contribution in [-0.2, 0) is 11.3 Å². The van der Waals surface area contributed by atoms with E-state index >= 15 is 0 Å². The van der Waals surface area contributed by atoms with Crippen molar-refractivity contribution in [3.8, 4) is 5.75 Å². The lowest BCUT2D eigenvalue weighted by atomic mass is 10.2. The number of ether oxygens (including phenoxy) is 2. The third-order valence-electron chi connectivity index (χ3n) is 2.43. The number of esters is 1. The number of carbonyl (C=O) groups is 1. The van der Waals surface area contributed by atoms with Gasteiger partial charge in [-0.25, -0.2) is 9.18 Å². The van der Waals surface area contributed by atoms with Crippen molar-refractivity contribution in [2.75, 3.05) is 7.11 Å². The zero-order valence-electron chi connectivity index (χ0n) is 9.98. The van der Waals surface area contributed by atoms with Crippen molar-refractivity contribution in [2.24, 2.45) is 0 Å². The number of hydrogen-bond acceptors (Lipinski definition) is 4. The normalized spacial score (nSPS) is 10.3. The average molecular weight is 301 g/mol. The van der Waals surface area contributed by atoms with Crippen LogP contribution in [0, 0.1) is 5.82 Å². The minimum Gasteiger partial charge on any atom is -0.487 e.